The van der Waals surface area contributed by atoms with Crippen molar-refractivity contribution in [3.8, 4) is 17.0 Å². The zero-order valence-corrected chi connectivity index (χ0v) is 14.7. The number of nitrogen functional groups attached to an aromatic ring is 1. The molecule has 6 heteroatoms. The second kappa shape index (κ2) is 7.81. The Morgan fingerprint density at radius 2 is 2.04 bits per heavy atom. The smallest absolute Gasteiger partial charge is 0.264 e. The largest absolute Gasteiger partial charge is 0.484 e. The molecular formula is C19H19N3O2S. The van der Waals surface area contributed by atoms with Gasteiger partial charge in [-0.3, -0.25) is 10.1 Å². The number of hydrogen-bond acceptors (Lipinski definition) is 5. The van der Waals surface area contributed by atoms with Crippen molar-refractivity contribution in [1.82, 2.24) is 4.98 Å². The first-order chi connectivity index (χ1) is 12.1. The molecule has 1 aromatic heterocycles. The Morgan fingerprint density at radius 3 is 2.80 bits per heavy atom. The molecule has 3 N–H and O–H groups in total. The van der Waals surface area contributed by atoms with E-state index in [1.54, 1.807) is 0 Å². The summed E-state index contributed by atoms with van der Waals surface area (Å²) in [6, 6.07) is 15.2. The molecule has 5 nitrogen and oxygen atoms in total. The molecule has 0 aliphatic heterocycles. The zero-order valence-electron chi connectivity index (χ0n) is 13.9. The van der Waals surface area contributed by atoms with Crippen LogP contribution in [0.5, 0.6) is 5.75 Å². The highest BCUT2D eigenvalue weighted by Gasteiger charge is 2.09. The Morgan fingerprint density at radius 1 is 1.24 bits per heavy atom. The van der Waals surface area contributed by atoms with Gasteiger partial charge in [0, 0.05) is 16.6 Å². The average molecular weight is 353 g/mol. The third kappa shape index (κ3) is 4.58. The van der Waals surface area contributed by atoms with E-state index in [1.807, 2.05) is 53.9 Å². The standard InChI is InChI=1S/C19H19N3O2S/c1-2-13-4-3-5-16(10-13)24-11-18(23)22-19-21-17(12-25-19)14-6-8-15(20)9-7-14/h3-10,12H,2,11,20H2,1H3,(H,21,22,23). The average Bonchev–Trinajstić information content (AvgIpc) is 3.09. The predicted molar refractivity (Wildman–Crippen MR) is 102 cm³/mol. The maximum atomic E-state index is 12.0. The third-order valence-electron chi connectivity index (χ3n) is 3.63. The summed E-state index contributed by atoms with van der Waals surface area (Å²) in [6.07, 6.45) is 0.927. The summed E-state index contributed by atoms with van der Waals surface area (Å²) in [7, 11) is 0. The molecule has 0 spiro atoms. The van der Waals surface area contributed by atoms with Crippen LogP contribution in [0.2, 0.25) is 0 Å². The lowest BCUT2D eigenvalue weighted by Crippen LogP contribution is -2.20. The van der Waals surface area contributed by atoms with Gasteiger partial charge in [0.15, 0.2) is 11.7 Å². The fourth-order valence-corrected chi connectivity index (χ4v) is 3.01. The summed E-state index contributed by atoms with van der Waals surface area (Å²) in [6.45, 7) is 2.02. The Kier molecular flexibility index (Phi) is 5.30. The van der Waals surface area contributed by atoms with E-state index in [-0.39, 0.29) is 12.5 Å². The molecular weight excluding hydrogens is 334 g/mol. The molecule has 0 atom stereocenters. The first-order valence-electron chi connectivity index (χ1n) is 7.97. The van der Waals surface area contributed by atoms with Gasteiger partial charge in [0.25, 0.3) is 5.91 Å². The van der Waals surface area contributed by atoms with E-state index in [4.69, 9.17) is 10.5 Å². The van der Waals surface area contributed by atoms with Gasteiger partial charge in [-0.2, -0.15) is 0 Å². The van der Waals surface area contributed by atoms with Gasteiger partial charge in [-0.05, 0) is 36.2 Å². The summed E-state index contributed by atoms with van der Waals surface area (Å²) < 4.78 is 5.54. The molecule has 25 heavy (non-hydrogen) atoms. The van der Waals surface area contributed by atoms with Crippen LogP contribution >= 0.6 is 11.3 Å². The molecule has 3 rings (SSSR count). The topological polar surface area (TPSA) is 77.2 Å². The van der Waals surface area contributed by atoms with Gasteiger partial charge in [0.2, 0.25) is 0 Å². The molecule has 3 aromatic rings. The molecule has 0 fully saturated rings. The minimum Gasteiger partial charge on any atom is -0.484 e. The summed E-state index contributed by atoms with van der Waals surface area (Å²) in [5.41, 5.74) is 9.32. The number of rotatable bonds is 6. The first kappa shape index (κ1) is 17.0. The van der Waals surface area contributed by atoms with Crippen molar-refractivity contribution in [2.24, 2.45) is 0 Å². The van der Waals surface area contributed by atoms with Crippen LogP contribution in [-0.4, -0.2) is 17.5 Å². The fraction of sp³-hybridized carbons (Fsp3) is 0.158. The number of anilines is 2. The van der Waals surface area contributed by atoms with Crippen molar-refractivity contribution < 1.29 is 9.53 Å². The zero-order chi connectivity index (χ0) is 17.6. The molecule has 128 valence electrons. The van der Waals surface area contributed by atoms with Crippen molar-refractivity contribution in [3.63, 3.8) is 0 Å². The number of hydrogen-bond donors (Lipinski definition) is 2. The molecule has 2 aromatic carbocycles. The van der Waals surface area contributed by atoms with E-state index in [0.29, 0.717) is 16.6 Å². The lowest BCUT2D eigenvalue weighted by molar-refractivity contribution is -0.118. The third-order valence-corrected chi connectivity index (χ3v) is 4.39. The van der Waals surface area contributed by atoms with E-state index in [9.17, 15) is 4.79 Å². The molecule has 0 radical (unpaired) electrons. The molecule has 0 saturated carbocycles. The van der Waals surface area contributed by atoms with Gasteiger partial charge < -0.3 is 10.5 Å². The van der Waals surface area contributed by atoms with Gasteiger partial charge >= 0.3 is 0 Å². The van der Waals surface area contributed by atoms with Crippen LogP contribution in [0, 0.1) is 0 Å². The van der Waals surface area contributed by atoms with Crippen LogP contribution in [-0.2, 0) is 11.2 Å². The van der Waals surface area contributed by atoms with Crippen LogP contribution in [0.15, 0.2) is 53.9 Å². The van der Waals surface area contributed by atoms with Crippen molar-refractivity contribution in [3.05, 3.63) is 59.5 Å². The number of nitrogens with two attached hydrogens (primary N) is 1. The van der Waals surface area contributed by atoms with E-state index in [1.165, 1.54) is 16.9 Å². The van der Waals surface area contributed by atoms with Crippen LogP contribution in [0.4, 0.5) is 10.8 Å². The van der Waals surface area contributed by atoms with Crippen molar-refractivity contribution >= 4 is 28.1 Å². The molecule has 0 bridgehead atoms. The monoisotopic (exact) mass is 353 g/mol. The number of aromatic nitrogens is 1. The fourth-order valence-electron chi connectivity index (χ4n) is 2.28. The second-order valence-electron chi connectivity index (χ2n) is 5.50. The number of nitrogens with one attached hydrogen (secondary N) is 1. The minimum atomic E-state index is -0.236. The lowest BCUT2D eigenvalue weighted by Gasteiger charge is -2.07. The molecule has 0 saturated heterocycles. The highest BCUT2D eigenvalue weighted by molar-refractivity contribution is 7.14. The Labute approximate surface area is 150 Å². The number of nitrogens with zero attached hydrogens (tertiary/aromatic N) is 1. The van der Waals surface area contributed by atoms with Crippen LogP contribution in [0.25, 0.3) is 11.3 Å². The quantitative estimate of drug-likeness (QED) is 0.657. The number of ether oxygens (including phenoxy) is 1. The number of carbonyl (C=O) groups is 1. The van der Waals surface area contributed by atoms with Gasteiger partial charge in [-0.25, -0.2) is 4.98 Å². The highest BCUT2D eigenvalue weighted by Crippen LogP contribution is 2.25. The van der Waals surface area contributed by atoms with Crippen LogP contribution < -0.4 is 15.8 Å². The summed E-state index contributed by atoms with van der Waals surface area (Å²) in [5.74, 6) is 0.455. The number of thiazole rings is 1. The maximum absolute atomic E-state index is 12.0. The number of benzene rings is 2. The summed E-state index contributed by atoms with van der Waals surface area (Å²) in [4.78, 5) is 16.5. The van der Waals surface area contributed by atoms with Gasteiger partial charge in [0.1, 0.15) is 5.75 Å². The van der Waals surface area contributed by atoms with Crippen LogP contribution in [0.1, 0.15) is 12.5 Å². The second-order valence-corrected chi connectivity index (χ2v) is 6.36. The number of carbonyl (C=O) groups excluding carboxylic acids is 1. The summed E-state index contributed by atoms with van der Waals surface area (Å²) in [5, 5.41) is 5.20. The van der Waals surface area contributed by atoms with Crippen LogP contribution in [0.3, 0.4) is 0 Å². The lowest BCUT2D eigenvalue weighted by atomic mass is 10.1. The van der Waals surface area contributed by atoms with Crippen molar-refractivity contribution in [2.45, 2.75) is 13.3 Å². The Hall–Kier alpha value is -2.86. The van der Waals surface area contributed by atoms with Gasteiger partial charge in [-0.1, -0.05) is 31.2 Å². The Bertz CT molecular complexity index is 859. The van der Waals surface area contributed by atoms with Gasteiger partial charge in [0.05, 0.1) is 5.69 Å². The summed E-state index contributed by atoms with van der Waals surface area (Å²) >= 11 is 1.37. The SMILES string of the molecule is CCc1cccc(OCC(=O)Nc2nc(-c3ccc(N)cc3)cs2)c1. The first-order valence-corrected chi connectivity index (χ1v) is 8.85. The van der Waals surface area contributed by atoms with E-state index >= 15 is 0 Å². The molecule has 1 amide bonds. The number of aryl methyl sites for hydroxylation is 1. The maximum Gasteiger partial charge on any atom is 0.264 e. The van der Waals surface area contributed by atoms with Crippen molar-refractivity contribution in [1.29, 1.82) is 0 Å². The van der Waals surface area contributed by atoms with E-state index < -0.39 is 0 Å². The van der Waals surface area contributed by atoms with Gasteiger partial charge in [-0.15, -0.1) is 11.3 Å². The predicted octanol–water partition coefficient (Wildman–Crippen LogP) is 3.97. The molecule has 0 aliphatic rings. The minimum absolute atomic E-state index is 0.0516. The molecule has 1 heterocycles. The van der Waals surface area contributed by atoms with Crippen molar-refractivity contribution in [2.75, 3.05) is 17.7 Å². The molecule has 0 unspecified atom stereocenters. The molecule has 0 aliphatic carbocycles. The van der Waals surface area contributed by atoms with E-state index in [0.717, 1.165) is 17.7 Å². The number of amides is 1. The Balaban J connectivity index is 1.57. The normalized spacial score (nSPS) is 10.4. The highest BCUT2D eigenvalue weighted by atomic mass is 32.1. The van der Waals surface area contributed by atoms with E-state index in [2.05, 4.69) is 17.2 Å².